The van der Waals surface area contributed by atoms with E-state index in [1.54, 1.807) is 43.4 Å². The minimum absolute atomic E-state index is 0.0114. The van der Waals surface area contributed by atoms with Crippen molar-refractivity contribution >= 4 is 23.2 Å². The fraction of sp³-hybridized carbons (Fsp3) is 0.391. The summed E-state index contributed by atoms with van der Waals surface area (Å²) < 4.78 is 10.6. The molecular weight excluding hydrogens is 428 g/mol. The van der Waals surface area contributed by atoms with Gasteiger partial charge < -0.3 is 24.6 Å². The van der Waals surface area contributed by atoms with Gasteiger partial charge in [0, 0.05) is 51.3 Å². The molecule has 0 aliphatic carbocycles. The van der Waals surface area contributed by atoms with Crippen LogP contribution in [0.3, 0.4) is 0 Å². The molecule has 0 aromatic heterocycles. The summed E-state index contributed by atoms with van der Waals surface area (Å²) in [5.41, 5.74) is 1.41. The summed E-state index contributed by atoms with van der Waals surface area (Å²) in [6.45, 7) is 3.83. The largest absolute Gasteiger partial charge is 0.497 e. The molecule has 1 aliphatic rings. The number of nitrogens with one attached hydrogen (secondary N) is 1. The Bertz CT molecular complexity index is 1030. The summed E-state index contributed by atoms with van der Waals surface area (Å²) in [6.07, 6.45) is 0.507. The number of carbonyl (C=O) groups is 2. The SMILES string of the molecule is COc1ccc(OC)c(CCNC(=O)c2ccc(N3CCN(C(C)=O)CC3)c([N+](=O)[O-])c2)c1. The molecule has 0 atom stereocenters. The van der Waals surface area contributed by atoms with Gasteiger partial charge in [-0.05, 0) is 42.3 Å². The lowest BCUT2D eigenvalue weighted by molar-refractivity contribution is -0.384. The Morgan fingerprint density at radius 3 is 2.39 bits per heavy atom. The maximum absolute atomic E-state index is 12.6. The van der Waals surface area contributed by atoms with E-state index in [1.165, 1.54) is 13.0 Å². The topological polar surface area (TPSA) is 114 Å². The fourth-order valence-corrected chi connectivity index (χ4v) is 3.83. The number of anilines is 1. The van der Waals surface area contributed by atoms with E-state index in [2.05, 4.69) is 5.32 Å². The van der Waals surface area contributed by atoms with Crippen molar-refractivity contribution in [1.82, 2.24) is 10.2 Å². The van der Waals surface area contributed by atoms with Crippen molar-refractivity contribution < 1.29 is 24.0 Å². The Morgan fingerprint density at radius 1 is 1.06 bits per heavy atom. The molecule has 0 unspecified atom stereocenters. The van der Waals surface area contributed by atoms with Crippen molar-refractivity contribution in [3.63, 3.8) is 0 Å². The smallest absolute Gasteiger partial charge is 0.293 e. The summed E-state index contributed by atoms with van der Waals surface area (Å²) in [5.74, 6) is 0.970. The van der Waals surface area contributed by atoms with Gasteiger partial charge >= 0.3 is 0 Å². The minimum Gasteiger partial charge on any atom is -0.497 e. The standard InChI is InChI=1S/C23H28N4O6/c1-16(28)25-10-12-26(13-11-25)20-6-4-18(15-21(20)27(30)31)23(29)24-9-8-17-14-19(32-2)5-7-22(17)33-3/h4-7,14-15H,8-13H2,1-3H3,(H,24,29). The van der Waals surface area contributed by atoms with Crippen LogP contribution in [0.15, 0.2) is 36.4 Å². The average Bonchev–Trinajstić information content (AvgIpc) is 2.83. The van der Waals surface area contributed by atoms with Gasteiger partial charge in [0.05, 0.1) is 19.1 Å². The van der Waals surface area contributed by atoms with E-state index < -0.39 is 10.8 Å². The molecule has 10 heteroatoms. The number of benzene rings is 2. The van der Waals surface area contributed by atoms with Crippen LogP contribution < -0.4 is 19.7 Å². The highest BCUT2D eigenvalue weighted by Crippen LogP contribution is 2.30. The van der Waals surface area contributed by atoms with E-state index in [0.29, 0.717) is 56.3 Å². The number of piperazine rings is 1. The zero-order chi connectivity index (χ0) is 24.0. The first kappa shape index (κ1) is 23.8. The molecule has 2 aromatic carbocycles. The van der Waals surface area contributed by atoms with Gasteiger partial charge in [-0.2, -0.15) is 0 Å². The Balaban J connectivity index is 1.67. The number of nitrogens with zero attached hydrogens (tertiary/aromatic N) is 3. The third-order valence-electron chi connectivity index (χ3n) is 5.67. The monoisotopic (exact) mass is 456 g/mol. The predicted octanol–water partition coefficient (Wildman–Crippen LogP) is 2.25. The summed E-state index contributed by atoms with van der Waals surface area (Å²) in [7, 11) is 3.15. The van der Waals surface area contributed by atoms with Gasteiger partial charge in [-0.3, -0.25) is 19.7 Å². The van der Waals surface area contributed by atoms with Gasteiger partial charge in [0.15, 0.2) is 0 Å². The summed E-state index contributed by atoms with van der Waals surface area (Å²) in [6, 6.07) is 9.92. The number of amides is 2. The van der Waals surface area contributed by atoms with Crippen molar-refractivity contribution in [2.75, 3.05) is 51.8 Å². The molecule has 0 spiro atoms. The third-order valence-corrected chi connectivity index (χ3v) is 5.67. The maximum atomic E-state index is 12.6. The highest BCUT2D eigenvalue weighted by molar-refractivity contribution is 5.95. The van der Waals surface area contributed by atoms with Crippen LogP contribution in [0.4, 0.5) is 11.4 Å². The lowest BCUT2D eigenvalue weighted by Crippen LogP contribution is -2.48. The van der Waals surface area contributed by atoms with Crippen molar-refractivity contribution in [2.24, 2.45) is 0 Å². The highest BCUT2D eigenvalue weighted by atomic mass is 16.6. The van der Waals surface area contributed by atoms with Crippen LogP contribution in [0, 0.1) is 10.1 Å². The molecular formula is C23H28N4O6. The lowest BCUT2D eigenvalue weighted by atomic mass is 10.1. The third kappa shape index (κ3) is 5.71. The summed E-state index contributed by atoms with van der Waals surface area (Å²) in [4.78, 5) is 39.0. The number of hydrogen-bond donors (Lipinski definition) is 1. The van der Waals surface area contributed by atoms with Crippen molar-refractivity contribution in [1.29, 1.82) is 0 Å². The molecule has 1 fully saturated rings. The van der Waals surface area contributed by atoms with Gasteiger partial charge in [-0.25, -0.2) is 0 Å². The van der Waals surface area contributed by atoms with Crippen LogP contribution in [0.2, 0.25) is 0 Å². The first-order valence-corrected chi connectivity index (χ1v) is 10.6. The molecule has 1 aliphatic heterocycles. The van der Waals surface area contributed by atoms with Crippen LogP contribution in [-0.2, 0) is 11.2 Å². The van der Waals surface area contributed by atoms with Gasteiger partial charge in [0.25, 0.3) is 11.6 Å². The lowest BCUT2D eigenvalue weighted by Gasteiger charge is -2.35. The predicted molar refractivity (Wildman–Crippen MR) is 123 cm³/mol. The second-order valence-electron chi connectivity index (χ2n) is 7.64. The van der Waals surface area contributed by atoms with E-state index in [1.807, 2.05) is 11.0 Å². The zero-order valence-corrected chi connectivity index (χ0v) is 19.0. The average molecular weight is 456 g/mol. The van der Waals surface area contributed by atoms with E-state index >= 15 is 0 Å². The van der Waals surface area contributed by atoms with Crippen molar-refractivity contribution in [3.8, 4) is 11.5 Å². The molecule has 176 valence electrons. The molecule has 33 heavy (non-hydrogen) atoms. The highest BCUT2D eigenvalue weighted by Gasteiger charge is 2.25. The number of carbonyl (C=O) groups excluding carboxylic acids is 2. The molecule has 0 radical (unpaired) electrons. The first-order valence-electron chi connectivity index (χ1n) is 10.6. The molecule has 1 saturated heterocycles. The number of hydrogen-bond acceptors (Lipinski definition) is 7. The van der Waals surface area contributed by atoms with E-state index in [9.17, 15) is 19.7 Å². The molecule has 2 amide bonds. The quantitative estimate of drug-likeness (QED) is 0.479. The van der Waals surface area contributed by atoms with E-state index in [-0.39, 0.29) is 17.2 Å². The molecule has 0 saturated carbocycles. The molecule has 10 nitrogen and oxygen atoms in total. The van der Waals surface area contributed by atoms with Crippen LogP contribution in [0.5, 0.6) is 11.5 Å². The number of ether oxygens (including phenoxy) is 2. The van der Waals surface area contributed by atoms with Crippen molar-refractivity contribution in [3.05, 3.63) is 57.6 Å². The Hall–Kier alpha value is -3.82. The van der Waals surface area contributed by atoms with Crippen LogP contribution in [0.25, 0.3) is 0 Å². The van der Waals surface area contributed by atoms with Crippen LogP contribution in [-0.4, -0.2) is 68.6 Å². The van der Waals surface area contributed by atoms with Gasteiger partial charge in [-0.1, -0.05) is 0 Å². The number of methoxy groups -OCH3 is 2. The second-order valence-corrected chi connectivity index (χ2v) is 7.64. The van der Waals surface area contributed by atoms with Gasteiger partial charge in [0.2, 0.25) is 5.91 Å². The molecule has 3 rings (SSSR count). The number of nitro benzene ring substituents is 1. The van der Waals surface area contributed by atoms with Crippen LogP contribution in [0.1, 0.15) is 22.8 Å². The molecule has 1 heterocycles. The maximum Gasteiger partial charge on any atom is 0.293 e. The van der Waals surface area contributed by atoms with E-state index in [4.69, 9.17) is 9.47 Å². The minimum atomic E-state index is -0.482. The molecule has 1 N–H and O–H groups in total. The van der Waals surface area contributed by atoms with Crippen molar-refractivity contribution in [2.45, 2.75) is 13.3 Å². The van der Waals surface area contributed by atoms with Gasteiger partial charge in [-0.15, -0.1) is 0 Å². The summed E-state index contributed by atoms with van der Waals surface area (Å²) in [5, 5.41) is 14.5. The number of rotatable bonds is 8. The Morgan fingerprint density at radius 2 is 1.79 bits per heavy atom. The Kier molecular flexibility index (Phi) is 7.70. The molecule has 2 aromatic rings. The van der Waals surface area contributed by atoms with E-state index in [0.717, 1.165) is 5.56 Å². The first-order chi connectivity index (χ1) is 15.8. The normalized spacial score (nSPS) is 13.4. The molecule has 0 bridgehead atoms. The summed E-state index contributed by atoms with van der Waals surface area (Å²) >= 11 is 0. The van der Waals surface area contributed by atoms with Crippen LogP contribution >= 0.6 is 0 Å². The Labute approximate surface area is 192 Å². The number of nitro groups is 1. The second kappa shape index (κ2) is 10.7. The zero-order valence-electron chi connectivity index (χ0n) is 19.0. The fourth-order valence-electron chi connectivity index (χ4n) is 3.83. The van der Waals surface area contributed by atoms with Gasteiger partial charge in [0.1, 0.15) is 17.2 Å².